The van der Waals surface area contributed by atoms with Crippen molar-refractivity contribution in [1.29, 1.82) is 0 Å². The molecule has 3 atom stereocenters. The van der Waals surface area contributed by atoms with Crippen LogP contribution in [-0.2, 0) is 33.3 Å². The molecule has 0 N–H and O–H groups in total. The molecule has 2 rings (SSSR count). The summed E-state index contributed by atoms with van der Waals surface area (Å²) in [7, 11) is 1.30. The Balaban J connectivity index is -0.0000000274. The van der Waals surface area contributed by atoms with Crippen molar-refractivity contribution in [2.24, 2.45) is 0 Å². The fourth-order valence-corrected chi connectivity index (χ4v) is 0.810. The minimum Gasteiger partial charge on any atom is -0.438 e. The van der Waals surface area contributed by atoms with Gasteiger partial charge < -0.3 is 23.7 Å². The first-order chi connectivity index (χ1) is 10.8. The molecule has 0 radical (unpaired) electrons. The summed E-state index contributed by atoms with van der Waals surface area (Å²) >= 11 is 0. The van der Waals surface area contributed by atoms with E-state index in [9.17, 15) is 9.59 Å². The number of carbonyl (C=O) groups excluding carboxylic acids is 4. The number of rotatable bonds is 2. The van der Waals surface area contributed by atoms with E-state index >= 15 is 0 Å². The lowest BCUT2D eigenvalue weighted by Gasteiger charge is -2.07. The summed E-state index contributed by atoms with van der Waals surface area (Å²) in [6.45, 7) is 8.98. The number of carbonyl (C=O) groups is 2. The number of epoxide rings is 1. The van der Waals surface area contributed by atoms with Gasteiger partial charge in [-0.15, -0.1) is 0 Å². The summed E-state index contributed by atoms with van der Waals surface area (Å²) in [6, 6.07) is 0. The molecular formula is C21H52O9. The van der Waals surface area contributed by atoms with E-state index in [1.165, 1.54) is 7.11 Å². The van der Waals surface area contributed by atoms with E-state index in [4.69, 9.17) is 14.3 Å². The van der Waals surface area contributed by atoms with Gasteiger partial charge in [-0.3, -0.25) is 0 Å². The SMILES string of the molecule is C.C.C.C.C.C.C.CC1CO1.CC1COC(=O)O1.CCC(C)OC(=O)OC.O=C=O. The van der Waals surface area contributed by atoms with E-state index in [-0.39, 0.29) is 70.3 Å². The quantitative estimate of drug-likeness (QED) is 0.350. The lowest BCUT2D eigenvalue weighted by Crippen LogP contribution is -2.13. The van der Waals surface area contributed by atoms with E-state index in [2.05, 4.69) is 25.9 Å². The molecule has 0 bridgehead atoms. The molecule has 2 fully saturated rings. The van der Waals surface area contributed by atoms with Crippen LogP contribution in [0.4, 0.5) is 9.59 Å². The molecule has 2 saturated heterocycles. The van der Waals surface area contributed by atoms with Crippen molar-refractivity contribution in [2.45, 2.75) is 104 Å². The number of hydrogen-bond acceptors (Lipinski definition) is 9. The third-order valence-corrected chi connectivity index (χ3v) is 2.27. The van der Waals surface area contributed by atoms with Gasteiger partial charge in [0.1, 0.15) is 18.8 Å². The van der Waals surface area contributed by atoms with Crippen LogP contribution in [0, 0.1) is 0 Å². The minimum atomic E-state index is -0.607. The molecule has 0 amide bonds. The maximum Gasteiger partial charge on any atom is 0.508 e. The second-order valence-corrected chi connectivity index (χ2v) is 4.51. The van der Waals surface area contributed by atoms with Crippen LogP contribution in [0.3, 0.4) is 0 Å². The second-order valence-electron chi connectivity index (χ2n) is 4.51. The highest BCUT2D eigenvalue weighted by Gasteiger charge is 2.19. The van der Waals surface area contributed by atoms with Crippen LogP contribution in [0.2, 0.25) is 0 Å². The van der Waals surface area contributed by atoms with E-state index in [0.29, 0.717) is 12.7 Å². The predicted molar refractivity (Wildman–Crippen MR) is 123 cm³/mol. The van der Waals surface area contributed by atoms with Crippen molar-refractivity contribution < 1.29 is 42.9 Å². The monoisotopic (exact) mass is 448 g/mol. The van der Waals surface area contributed by atoms with Gasteiger partial charge in [-0.1, -0.05) is 58.9 Å². The maximum absolute atomic E-state index is 10.3. The predicted octanol–water partition coefficient (Wildman–Crippen LogP) is 6.38. The van der Waals surface area contributed by atoms with Crippen LogP contribution >= 0.6 is 0 Å². The standard InChI is InChI=1S/C6H12O3.C4H6O3.C3H6O.CO2.7CH4/c1-4-5(2)9-6(7)8-3;1-3-2-6-4(5)7-3;1-3-2-4-3;2-1-3;;;;;;;/h5H,4H2,1-3H3;3H,2H2,1H3;3H,2H2,1H3;;7*1H4. The fraction of sp³-hybridized carbons (Fsp3) is 0.857. The molecule has 3 unspecified atom stereocenters. The first-order valence-electron chi connectivity index (χ1n) is 6.99. The van der Waals surface area contributed by atoms with Crippen molar-refractivity contribution in [3.05, 3.63) is 0 Å². The first kappa shape index (κ1) is 56.5. The zero-order valence-corrected chi connectivity index (χ0v) is 14.0. The van der Waals surface area contributed by atoms with E-state index in [1.54, 1.807) is 6.92 Å². The van der Waals surface area contributed by atoms with Gasteiger partial charge >= 0.3 is 18.5 Å². The van der Waals surface area contributed by atoms with Crippen LogP contribution in [0.25, 0.3) is 0 Å². The van der Waals surface area contributed by atoms with Gasteiger partial charge in [-0.05, 0) is 27.2 Å². The maximum atomic E-state index is 10.3. The van der Waals surface area contributed by atoms with Crippen LogP contribution in [0.5, 0.6) is 0 Å². The third-order valence-electron chi connectivity index (χ3n) is 2.27. The number of ether oxygens (including phenoxy) is 5. The highest BCUT2D eigenvalue weighted by atomic mass is 16.8. The molecule has 190 valence electrons. The summed E-state index contributed by atoms with van der Waals surface area (Å²) in [5, 5.41) is 0. The van der Waals surface area contributed by atoms with Gasteiger partial charge in [0.15, 0.2) is 0 Å². The number of cyclic esters (lactones) is 2. The number of hydrogen-bond donors (Lipinski definition) is 0. The van der Waals surface area contributed by atoms with Crippen molar-refractivity contribution in [3.8, 4) is 0 Å². The Kier molecular flexibility index (Phi) is 70.8. The van der Waals surface area contributed by atoms with Crippen LogP contribution in [-0.4, -0.2) is 57.1 Å². The van der Waals surface area contributed by atoms with Gasteiger partial charge in [-0.2, -0.15) is 9.59 Å². The fourth-order valence-electron chi connectivity index (χ4n) is 0.810. The summed E-state index contributed by atoms with van der Waals surface area (Å²) < 4.78 is 22.6. The van der Waals surface area contributed by atoms with E-state index in [1.807, 2.05) is 13.8 Å². The Morgan fingerprint density at radius 2 is 1.40 bits per heavy atom. The summed E-state index contributed by atoms with van der Waals surface area (Å²) in [4.78, 5) is 36.6. The minimum absolute atomic E-state index is 0. The third kappa shape index (κ3) is 50.1. The van der Waals surface area contributed by atoms with Gasteiger partial charge in [-0.25, -0.2) is 9.59 Å². The van der Waals surface area contributed by atoms with Crippen molar-refractivity contribution >= 4 is 18.5 Å². The Morgan fingerprint density at radius 1 is 1.03 bits per heavy atom. The van der Waals surface area contributed by atoms with Gasteiger partial charge in [0, 0.05) is 0 Å². The van der Waals surface area contributed by atoms with Crippen molar-refractivity contribution in [1.82, 2.24) is 0 Å². The zero-order valence-electron chi connectivity index (χ0n) is 14.0. The van der Waals surface area contributed by atoms with Crippen LogP contribution < -0.4 is 0 Å². The normalized spacial score (nSPS) is 16.1. The lowest BCUT2D eigenvalue weighted by molar-refractivity contribution is -0.191. The van der Waals surface area contributed by atoms with Crippen LogP contribution in [0.1, 0.15) is 86.1 Å². The Hall–Kier alpha value is -2.12. The second kappa shape index (κ2) is 37.6. The topological polar surface area (TPSA) is 118 Å². The zero-order chi connectivity index (χ0) is 18.3. The largest absolute Gasteiger partial charge is 0.508 e. The Morgan fingerprint density at radius 3 is 1.53 bits per heavy atom. The number of methoxy groups -OCH3 is 1. The molecule has 0 aliphatic carbocycles. The molecule has 9 nitrogen and oxygen atoms in total. The average molecular weight is 449 g/mol. The van der Waals surface area contributed by atoms with Gasteiger partial charge in [0.05, 0.1) is 19.8 Å². The summed E-state index contributed by atoms with van der Waals surface area (Å²) in [6.07, 6.45) is 0.400. The van der Waals surface area contributed by atoms with Crippen LogP contribution in [0.15, 0.2) is 0 Å². The molecule has 0 spiro atoms. The average Bonchev–Trinajstić information content (AvgIpc) is 3.20. The van der Waals surface area contributed by atoms with Gasteiger partial charge in [0.2, 0.25) is 0 Å². The first-order valence-corrected chi connectivity index (χ1v) is 6.99. The highest BCUT2D eigenvalue weighted by Crippen LogP contribution is 2.04. The molecule has 30 heavy (non-hydrogen) atoms. The van der Waals surface area contributed by atoms with Crippen molar-refractivity contribution in [3.63, 3.8) is 0 Å². The molecule has 2 heterocycles. The molecule has 0 aromatic rings. The van der Waals surface area contributed by atoms with E-state index in [0.717, 1.165) is 13.0 Å². The smallest absolute Gasteiger partial charge is 0.438 e. The highest BCUT2D eigenvalue weighted by molar-refractivity contribution is 5.61. The van der Waals surface area contributed by atoms with Crippen molar-refractivity contribution in [2.75, 3.05) is 20.3 Å². The molecule has 0 aromatic carbocycles. The molecule has 0 aromatic heterocycles. The molecule has 9 heteroatoms. The lowest BCUT2D eigenvalue weighted by atomic mass is 10.3. The molecule has 2 aliphatic heterocycles. The summed E-state index contributed by atoms with van der Waals surface area (Å²) in [5.74, 6) is 0. The Labute approximate surface area is 186 Å². The molecular weight excluding hydrogens is 396 g/mol. The summed E-state index contributed by atoms with van der Waals surface area (Å²) in [5.41, 5.74) is 0. The molecule has 0 saturated carbocycles. The molecule has 2 aliphatic rings. The van der Waals surface area contributed by atoms with E-state index < -0.39 is 12.3 Å². The Bertz CT molecular complexity index is 363. The van der Waals surface area contributed by atoms with Gasteiger partial charge in [0.25, 0.3) is 0 Å².